The fourth-order valence-electron chi connectivity index (χ4n) is 1.61. The van der Waals surface area contributed by atoms with Crippen LogP contribution in [0.2, 0.25) is 0 Å². The van der Waals surface area contributed by atoms with Crippen molar-refractivity contribution in [2.24, 2.45) is 5.73 Å². The van der Waals surface area contributed by atoms with E-state index in [2.05, 4.69) is 10.6 Å². The van der Waals surface area contributed by atoms with E-state index >= 15 is 0 Å². The number of anilines is 1. The third-order valence-electron chi connectivity index (χ3n) is 2.59. The lowest BCUT2D eigenvalue weighted by Crippen LogP contribution is -2.29. The Morgan fingerprint density at radius 2 is 2.06 bits per heavy atom. The van der Waals surface area contributed by atoms with Crippen LogP contribution in [0.15, 0.2) is 18.2 Å². The standard InChI is InChI=1S/C13H19N3O2/c1-3-7-15-8-12(17)16-11-6-4-5-10(9(11)2)13(14)18/h4-6,15H,3,7-8H2,1-2H3,(H2,14,18)(H,16,17). The van der Waals surface area contributed by atoms with E-state index in [-0.39, 0.29) is 12.5 Å². The molecule has 0 heterocycles. The highest BCUT2D eigenvalue weighted by Crippen LogP contribution is 2.18. The predicted molar refractivity (Wildman–Crippen MR) is 71.5 cm³/mol. The molecule has 0 spiro atoms. The van der Waals surface area contributed by atoms with Gasteiger partial charge in [-0.1, -0.05) is 13.0 Å². The van der Waals surface area contributed by atoms with Gasteiger partial charge in [-0.3, -0.25) is 9.59 Å². The van der Waals surface area contributed by atoms with Crippen LogP contribution in [0.5, 0.6) is 0 Å². The van der Waals surface area contributed by atoms with Crippen molar-refractivity contribution < 1.29 is 9.59 Å². The number of hydrogen-bond acceptors (Lipinski definition) is 3. The van der Waals surface area contributed by atoms with E-state index in [1.807, 2.05) is 6.92 Å². The normalized spacial score (nSPS) is 10.1. The average molecular weight is 249 g/mol. The lowest BCUT2D eigenvalue weighted by molar-refractivity contribution is -0.115. The summed E-state index contributed by atoms with van der Waals surface area (Å²) in [6.45, 7) is 4.85. The fraction of sp³-hybridized carbons (Fsp3) is 0.385. The zero-order chi connectivity index (χ0) is 13.5. The summed E-state index contributed by atoms with van der Waals surface area (Å²) in [6.07, 6.45) is 0.976. The molecular weight excluding hydrogens is 230 g/mol. The highest BCUT2D eigenvalue weighted by Gasteiger charge is 2.10. The maximum atomic E-state index is 11.6. The summed E-state index contributed by atoms with van der Waals surface area (Å²) < 4.78 is 0. The Labute approximate surface area is 107 Å². The van der Waals surface area contributed by atoms with E-state index in [4.69, 9.17) is 5.73 Å². The molecular formula is C13H19N3O2. The van der Waals surface area contributed by atoms with Crippen molar-refractivity contribution in [1.82, 2.24) is 5.32 Å². The van der Waals surface area contributed by atoms with Gasteiger partial charge in [-0.25, -0.2) is 0 Å². The molecule has 0 saturated carbocycles. The van der Waals surface area contributed by atoms with Gasteiger partial charge in [-0.05, 0) is 37.6 Å². The second-order valence-electron chi connectivity index (χ2n) is 4.07. The molecule has 4 N–H and O–H groups in total. The third-order valence-corrected chi connectivity index (χ3v) is 2.59. The number of nitrogens with one attached hydrogen (secondary N) is 2. The lowest BCUT2D eigenvalue weighted by atomic mass is 10.1. The Morgan fingerprint density at radius 3 is 2.67 bits per heavy atom. The SMILES string of the molecule is CCCNCC(=O)Nc1cccc(C(N)=O)c1C. The zero-order valence-electron chi connectivity index (χ0n) is 10.7. The smallest absolute Gasteiger partial charge is 0.249 e. The molecule has 1 aromatic carbocycles. The van der Waals surface area contributed by atoms with Crippen molar-refractivity contribution in [2.45, 2.75) is 20.3 Å². The largest absolute Gasteiger partial charge is 0.366 e. The van der Waals surface area contributed by atoms with Crippen molar-refractivity contribution in [3.63, 3.8) is 0 Å². The first-order valence-electron chi connectivity index (χ1n) is 5.96. The molecule has 0 aromatic heterocycles. The maximum Gasteiger partial charge on any atom is 0.249 e. The number of primary amides is 1. The molecule has 0 aliphatic heterocycles. The molecule has 2 amide bonds. The quantitative estimate of drug-likeness (QED) is 0.658. The van der Waals surface area contributed by atoms with Gasteiger partial charge >= 0.3 is 0 Å². The van der Waals surface area contributed by atoms with Crippen molar-refractivity contribution in [1.29, 1.82) is 0 Å². The van der Waals surface area contributed by atoms with Gasteiger partial charge in [0.15, 0.2) is 0 Å². The molecule has 0 unspecified atom stereocenters. The van der Waals surface area contributed by atoms with Crippen LogP contribution in [-0.2, 0) is 4.79 Å². The van der Waals surface area contributed by atoms with Crippen LogP contribution in [0.25, 0.3) is 0 Å². The van der Waals surface area contributed by atoms with Gasteiger partial charge in [0.1, 0.15) is 0 Å². The van der Waals surface area contributed by atoms with Gasteiger partial charge in [0.2, 0.25) is 11.8 Å². The van der Waals surface area contributed by atoms with E-state index in [0.717, 1.165) is 13.0 Å². The highest BCUT2D eigenvalue weighted by molar-refractivity contribution is 5.98. The Hall–Kier alpha value is -1.88. The minimum absolute atomic E-state index is 0.131. The van der Waals surface area contributed by atoms with Gasteiger partial charge in [-0.2, -0.15) is 0 Å². The lowest BCUT2D eigenvalue weighted by Gasteiger charge is -2.11. The van der Waals surface area contributed by atoms with Crippen molar-refractivity contribution in [3.8, 4) is 0 Å². The number of hydrogen-bond donors (Lipinski definition) is 3. The molecule has 0 aliphatic carbocycles. The molecule has 0 radical (unpaired) electrons. The van der Waals surface area contributed by atoms with Crippen LogP contribution in [0.1, 0.15) is 29.3 Å². The molecule has 1 rings (SSSR count). The second kappa shape index (κ2) is 6.76. The summed E-state index contributed by atoms with van der Waals surface area (Å²) in [4.78, 5) is 22.8. The summed E-state index contributed by atoms with van der Waals surface area (Å²) in [5.41, 5.74) is 6.98. The number of carbonyl (C=O) groups excluding carboxylic acids is 2. The first-order valence-corrected chi connectivity index (χ1v) is 5.96. The Bertz CT molecular complexity index is 444. The summed E-state index contributed by atoms with van der Waals surface area (Å²) in [6, 6.07) is 5.09. The van der Waals surface area contributed by atoms with Crippen molar-refractivity contribution in [3.05, 3.63) is 29.3 Å². The number of benzene rings is 1. The zero-order valence-corrected chi connectivity index (χ0v) is 10.7. The molecule has 0 atom stereocenters. The molecule has 18 heavy (non-hydrogen) atoms. The number of carbonyl (C=O) groups is 2. The first kappa shape index (κ1) is 14.2. The highest BCUT2D eigenvalue weighted by atomic mass is 16.2. The molecule has 0 bridgehead atoms. The average Bonchev–Trinajstić information content (AvgIpc) is 2.32. The summed E-state index contributed by atoms with van der Waals surface area (Å²) >= 11 is 0. The van der Waals surface area contributed by atoms with Crippen LogP contribution < -0.4 is 16.4 Å². The van der Waals surface area contributed by atoms with Crippen LogP contribution in [0, 0.1) is 6.92 Å². The van der Waals surface area contributed by atoms with Crippen molar-refractivity contribution in [2.75, 3.05) is 18.4 Å². The Morgan fingerprint density at radius 1 is 1.33 bits per heavy atom. The summed E-state index contributed by atoms with van der Waals surface area (Å²) in [5, 5.41) is 5.76. The molecule has 0 saturated heterocycles. The topological polar surface area (TPSA) is 84.2 Å². The minimum Gasteiger partial charge on any atom is -0.366 e. The molecule has 5 nitrogen and oxygen atoms in total. The number of rotatable bonds is 6. The Kier molecular flexibility index (Phi) is 5.32. The van der Waals surface area contributed by atoms with Gasteiger partial charge in [0, 0.05) is 11.3 Å². The molecule has 0 fully saturated rings. The molecule has 98 valence electrons. The molecule has 1 aromatic rings. The summed E-state index contributed by atoms with van der Waals surface area (Å²) in [5.74, 6) is -0.624. The van der Waals surface area contributed by atoms with Crippen LogP contribution in [-0.4, -0.2) is 24.9 Å². The molecule has 5 heteroatoms. The second-order valence-corrected chi connectivity index (χ2v) is 4.07. The van der Waals surface area contributed by atoms with Crippen LogP contribution >= 0.6 is 0 Å². The van der Waals surface area contributed by atoms with Gasteiger partial charge in [0.05, 0.1) is 6.54 Å². The van der Waals surface area contributed by atoms with E-state index in [0.29, 0.717) is 16.8 Å². The van der Waals surface area contributed by atoms with E-state index < -0.39 is 5.91 Å². The third kappa shape index (κ3) is 3.85. The van der Waals surface area contributed by atoms with Gasteiger partial charge < -0.3 is 16.4 Å². The number of nitrogens with two attached hydrogens (primary N) is 1. The van der Waals surface area contributed by atoms with E-state index in [1.54, 1.807) is 25.1 Å². The fourth-order valence-corrected chi connectivity index (χ4v) is 1.61. The van der Waals surface area contributed by atoms with Crippen molar-refractivity contribution >= 4 is 17.5 Å². The minimum atomic E-state index is -0.493. The molecule has 0 aliphatic rings. The predicted octanol–water partition coefficient (Wildman–Crippen LogP) is 1.03. The van der Waals surface area contributed by atoms with E-state index in [1.165, 1.54) is 0 Å². The van der Waals surface area contributed by atoms with Crippen LogP contribution in [0.3, 0.4) is 0 Å². The van der Waals surface area contributed by atoms with Gasteiger partial charge in [0.25, 0.3) is 0 Å². The summed E-state index contributed by atoms with van der Waals surface area (Å²) in [7, 11) is 0. The monoisotopic (exact) mass is 249 g/mol. The first-order chi connectivity index (χ1) is 8.56. The van der Waals surface area contributed by atoms with Gasteiger partial charge in [-0.15, -0.1) is 0 Å². The van der Waals surface area contributed by atoms with E-state index in [9.17, 15) is 9.59 Å². The Balaban J connectivity index is 2.70. The van der Waals surface area contributed by atoms with Crippen LogP contribution in [0.4, 0.5) is 5.69 Å². The maximum absolute atomic E-state index is 11.6. The number of amides is 2.